The molecular weight excluding hydrogens is 231 g/mol. The van der Waals surface area contributed by atoms with Crippen LogP contribution < -0.4 is 11.1 Å². The minimum atomic E-state index is -0.357. The van der Waals surface area contributed by atoms with Gasteiger partial charge in [-0.05, 0) is 37.7 Å². The average Bonchev–Trinajstić information content (AvgIpc) is 2.35. The van der Waals surface area contributed by atoms with E-state index < -0.39 is 0 Å². The minimum absolute atomic E-state index is 0.195. The molecule has 1 unspecified atom stereocenters. The van der Waals surface area contributed by atoms with Gasteiger partial charge in [-0.15, -0.1) is 0 Å². The molecule has 2 rings (SSSR count). The van der Waals surface area contributed by atoms with Gasteiger partial charge < -0.3 is 11.1 Å². The third-order valence-corrected chi connectivity index (χ3v) is 2.86. The maximum atomic E-state index is 12.9. The number of pyridine rings is 2. The van der Waals surface area contributed by atoms with E-state index in [1.165, 1.54) is 12.3 Å². The van der Waals surface area contributed by atoms with Gasteiger partial charge in [0.2, 0.25) is 0 Å². The molecule has 18 heavy (non-hydrogen) atoms. The minimum Gasteiger partial charge on any atom is -0.383 e. The topological polar surface area (TPSA) is 63.8 Å². The standard InChI is InChI=1S/C13H15FN4/c1-8-5-6-17-13(15)11(8)12(16-2)10-4-3-9(14)7-18-10/h3-7,12,16H,1-2H3,(H2,15,17). The molecule has 0 aliphatic rings. The first-order chi connectivity index (χ1) is 8.63. The summed E-state index contributed by atoms with van der Waals surface area (Å²) in [5.41, 5.74) is 8.52. The third kappa shape index (κ3) is 2.31. The normalized spacial score (nSPS) is 12.4. The number of aryl methyl sites for hydroxylation is 1. The van der Waals surface area contributed by atoms with Crippen LogP contribution in [0.4, 0.5) is 10.2 Å². The molecule has 0 aromatic carbocycles. The van der Waals surface area contributed by atoms with Crippen molar-refractivity contribution in [1.29, 1.82) is 0 Å². The highest BCUT2D eigenvalue weighted by Gasteiger charge is 2.18. The number of hydrogen-bond donors (Lipinski definition) is 2. The molecule has 2 aromatic rings. The Morgan fingerprint density at radius 1 is 1.28 bits per heavy atom. The fraction of sp³-hybridized carbons (Fsp3) is 0.231. The molecule has 0 saturated heterocycles. The summed E-state index contributed by atoms with van der Waals surface area (Å²) in [6.45, 7) is 1.96. The Balaban J connectivity index is 2.48. The van der Waals surface area contributed by atoms with Crippen molar-refractivity contribution in [3.8, 4) is 0 Å². The van der Waals surface area contributed by atoms with E-state index in [2.05, 4.69) is 15.3 Å². The van der Waals surface area contributed by atoms with E-state index in [4.69, 9.17) is 5.73 Å². The summed E-state index contributed by atoms with van der Waals surface area (Å²) < 4.78 is 12.9. The number of anilines is 1. The Kier molecular flexibility index (Phi) is 3.53. The summed E-state index contributed by atoms with van der Waals surface area (Å²) >= 11 is 0. The Bertz CT molecular complexity index is 519. The monoisotopic (exact) mass is 246 g/mol. The van der Waals surface area contributed by atoms with Crippen molar-refractivity contribution in [3.63, 3.8) is 0 Å². The molecule has 0 aliphatic carbocycles. The van der Waals surface area contributed by atoms with Crippen molar-refractivity contribution in [2.24, 2.45) is 0 Å². The van der Waals surface area contributed by atoms with Gasteiger partial charge in [0.1, 0.15) is 11.6 Å². The SMILES string of the molecule is CNC(c1ccc(F)cn1)c1c(C)ccnc1N. The second-order valence-electron chi connectivity index (χ2n) is 4.05. The highest BCUT2D eigenvalue weighted by Crippen LogP contribution is 2.26. The summed E-state index contributed by atoms with van der Waals surface area (Å²) in [5, 5.41) is 3.13. The van der Waals surface area contributed by atoms with Gasteiger partial charge in [-0.2, -0.15) is 0 Å². The molecule has 94 valence electrons. The van der Waals surface area contributed by atoms with Crippen LogP contribution in [0.1, 0.15) is 22.9 Å². The fourth-order valence-electron chi connectivity index (χ4n) is 1.96. The largest absolute Gasteiger partial charge is 0.383 e. The maximum absolute atomic E-state index is 12.9. The molecule has 0 bridgehead atoms. The van der Waals surface area contributed by atoms with Gasteiger partial charge >= 0.3 is 0 Å². The van der Waals surface area contributed by atoms with Gasteiger partial charge in [0.25, 0.3) is 0 Å². The van der Waals surface area contributed by atoms with Crippen LogP contribution in [0, 0.1) is 12.7 Å². The lowest BCUT2D eigenvalue weighted by Gasteiger charge is -2.19. The van der Waals surface area contributed by atoms with Gasteiger partial charge in [0, 0.05) is 11.8 Å². The smallest absolute Gasteiger partial charge is 0.141 e. The third-order valence-electron chi connectivity index (χ3n) is 2.86. The Labute approximate surface area is 105 Å². The summed E-state index contributed by atoms with van der Waals surface area (Å²) in [5.74, 6) is 0.102. The van der Waals surface area contributed by atoms with Gasteiger partial charge in [-0.1, -0.05) is 0 Å². The lowest BCUT2D eigenvalue weighted by molar-refractivity contribution is 0.609. The Morgan fingerprint density at radius 2 is 2.06 bits per heavy atom. The van der Waals surface area contributed by atoms with E-state index in [0.717, 1.165) is 11.1 Å². The van der Waals surface area contributed by atoms with Crippen LogP contribution in [-0.4, -0.2) is 17.0 Å². The highest BCUT2D eigenvalue weighted by atomic mass is 19.1. The average molecular weight is 246 g/mol. The van der Waals surface area contributed by atoms with Crippen LogP contribution in [0.15, 0.2) is 30.6 Å². The molecule has 3 N–H and O–H groups in total. The van der Waals surface area contributed by atoms with Gasteiger partial charge in [0.15, 0.2) is 0 Å². The predicted molar refractivity (Wildman–Crippen MR) is 68.5 cm³/mol. The van der Waals surface area contributed by atoms with Crippen LogP contribution in [-0.2, 0) is 0 Å². The predicted octanol–water partition coefficient (Wildman–Crippen LogP) is 1.82. The van der Waals surface area contributed by atoms with Crippen LogP contribution >= 0.6 is 0 Å². The van der Waals surface area contributed by atoms with E-state index in [0.29, 0.717) is 11.5 Å². The van der Waals surface area contributed by atoms with Gasteiger partial charge in [-0.3, -0.25) is 4.98 Å². The maximum Gasteiger partial charge on any atom is 0.141 e. The molecule has 5 heteroatoms. The number of nitrogens with zero attached hydrogens (tertiary/aromatic N) is 2. The summed E-state index contributed by atoms with van der Waals surface area (Å²) in [6.07, 6.45) is 2.86. The zero-order chi connectivity index (χ0) is 13.1. The molecule has 0 radical (unpaired) electrons. The van der Waals surface area contributed by atoms with Crippen molar-refractivity contribution in [2.45, 2.75) is 13.0 Å². The van der Waals surface area contributed by atoms with Crippen LogP contribution in [0.5, 0.6) is 0 Å². The van der Waals surface area contributed by atoms with E-state index in [-0.39, 0.29) is 11.9 Å². The molecular formula is C13H15FN4. The van der Waals surface area contributed by atoms with Gasteiger partial charge in [-0.25, -0.2) is 9.37 Å². The molecule has 0 spiro atoms. The van der Waals surface area contributed by atoms with Crippen LogP contribution in [0.2, 0.25) is 0 Å². The molecule has 0 saturated carbocycles. The van der Waals surface area contributed by atoms with E-state index in [9.17, 15) is 4.39 Å². The quantitative estimate of drug-likeness (QED) is 0.867. The molecule has 1 atom stereocenters. The summed E-state index contributed by atoms with van der Waals surface area (Å²) in [4.78, 5) is 8.18. The Hall–Kier alpha value is -2.01. The molecule has 0 amide bonds. The summed E-state index contributed by atoms with van der Waals surface area (Å²) in [6, 6.07) is 4.72. The molecule has 0 fully saturated rings. The zero-order valence-electron chi connectivity index (χ0n) is 10.3. The number of nitrogen functional groups attached to an aromatic ring is 1. The zero-order valence-corrected chi connectivity index (χ0v) is 10.3. The Morgan fingerprint density at radius 3 is 2.61 bits per heavy atom. The molecule has 4 nitrogen and oxygen atoms in total. The van der Waals surface area contributed by atoms with Crippen molar-refractivity contribution < 1.29 is 4.39 Å². The number of nitrogens with two attached hydrogens (primary N) is 1. The summed E-state index contributed by atoms with van der Waals surface area (Å²) in [7, 11) is 1.81. The first kappa shape index (κ1) is 12.4. The number of halogens is 1. The lowest BCUT2D eigenvalue weighted by Crippen LogP contribution is -2.21. The van der Waals surface area contributed by atoms with E-state index in [1.54, 1.807) is 12.3 Å². The van der Waals surface area contributed by atoms with Crippen molar-refractivity contribution in [3.05, 3.63) is 53.2 Å². The van der Waals surface area contributed by atoms with Crippen molar-refractivity contribution >= 4 is 5.82 Å². The van der Waals surface area contributed by atoms with Gasteiger partial charge in [0.05, 0.1) is 17.9 Å². The first-order valence-corrected chi connectivity index (χ1v) is 5.63. The number of rotatable bonds is 3. The fourth-order valence-corrected chi connectivity index (χ4v) is 1.96. The van der Waals surface area contributed by atoms with Crippen molar-refractivity contribution in [2.75, 3.05) is 12.8 Å². The lowest BCUT2D eigenvalue weighted by atomic mass is 9.99. The van der Waals surface area contributed by atoms with Crippen LogP contribution in [0.3, 0.4) is 0 Å². The van der Waals surface area contributed by atoms with E-state index in [1.807, 2.05) is 20.0 Å². The first-order valence-electron chi connectivity index (χ1n) is 5.63. The molecule has 2 heterocycles. The highest BCUT2D eigenvalue weighted by molar-refractivity contribution is 5.48. The van der Waals surface area contributed by atoms with E-state index >= 15 is 0 Å². The van der Waals surface area contributed by atoms with Crippen molar-refractivity contribution in [1.82, 2.24) is 15.3 Å². The number of aromatic nitrogens is 2. The second-order valence-corrected chi connectivity index (χ2v) is 4.05. The molecule has 0 aliphatic heterocycles. The number of hydrogen-bond acceptors (Lipinski definition) is 4. The second kappa shape index (κ2) is 5.10. The number of nitrogens with one attached hydrogen (secondary N) is 1. The molecule has 2 aromatic heterocycles. The van der Waals surface area contributed by atoms with Crippen LogP contribution in [0.25, 0.3) is 0 Å².